The Bertz CT molecular complexity index is 893. The number of ether oxygens (including phenoxy) is 3. The van der Waals surface area contributed by atoms with Crippen molar-refractivity contribution in [3.8, 4) is 5.75 Å². The Morgan fingerprint density at radius 2 is 1.48 bits per heavy atom. The topological polar surface area (TPSA) is 85.4 Å². The molecule has 0 aliphatic rings. The van der Waals surface area contributed by atoms with Crippen molar-refractivity contribution in [2.24, 2.45) is 0 Å². The highest BCUT2D eigenvalue weighted by Crippen LogP contribution is 2.22. The zero-order valence-electron chi connectivity index (χ0n) is 16.6. The van der Waals surface area contributed by atoms with Crippen molar-refractivity contribution in [1.82, 2.24) is 5.01 Å². The Labute approximate surface area is 168 Å². The molecule has 152 valence electrons. The molecule has 0 saturated heterocycles. The van der Waals surface area contributed by atoms with Gasteiger partial charge in [-0.3, -0.25) is 9.80 Å². The van der Waals surface area contributed by atoms with Gasteiger partial charge in [0.1, 0.15) is 5.75 Å². The molecular weight excluding hydrogens is 376 g/mol. The maximum absolute atomic E-state index is 13.3. The Kier molecular flexibility index (Phi) is 7.36. The molecule has 2 aromatic rings. The lowest BCUT2D eigenvalue weighted by Crippen LogP contribution is -2.46. The van der Waals surface area contributed by atoms with Crippen molar-refractivity contribution < 1.29 is 28.6 Å². The number of benzene rings is 2. The molecule has 0 unspecified atom stereocenters. The first-order valence-electron chi connectivity index (χ1n) is 8.58. The minimum Gasteiger partial charge on any atom is -0.497 e. The van der Waals surface area contributed by atoms with Crippen LogP contribution in [0.1, 0.15) is 10.4 Å². The fourth-order valence-corrected chi connectivity index (χ4v) is 2.50. The van der Waals surface area contributed by atoms with E-state index < -0.39 is 17.8 Å². The Morgan fingerprint density at radius 1 is 0.862 bits per heavy atom. The van der Waals surface area contributed by atoms with E-state index in [1.54, 1.807) is 55.6 Å². The second kappa shape index (κ2) is 9.93. The van der Waals surface area contributed by atoms with Gasteiger partial charge in [0, 0.05) is 12.6 Å². The van der Waals surface area contributed by atoms with E-state index in [4.69, 9.17) is 9.47 Å². The second-order valence-electron chi connectivity index (χ2n) is 5.75. The number of hydrogen-bond acceptors (Lipinski definition) is 7. The average Bonchev–Trinajstić information content (AvgIpc) is 2.78. The molecule has 0 heterocycles. The van der Waals surface area contributed by atoms with Crippen LogP contribution in [-0.4, -0.2) is 51.2 Å². The van der Waals surface area contributed by atoms with Gasteiger partial charge in [0.2, 0.25) is 0 Å². The van der Waals surface area contributed by atoms with Crippen LogP contribution < -0.4 is 9.75 Å². The third kappa shape index (κ3) is 5.13. The van der Waals surface area contributed by atoms with Crippen molar-refractivity contribution in [3.63, 3.8) is 0 Å². The van der Waals surface area contributed by atoms with Crippen LogP contribution in [0, 0.1) is 0 Å². The number of anilines is 1. The van der Waals surface area contributed by atoms with E-state index >= 15 is 0 Å². The fraction of sp³-hybridized carbons (Fsp3) is 0.190. The number of carbonyl (C=O) groups excluding carboxylic acids is 3. The van der Waals surface area contributed by atoms with Crippen LogP contribution in [0.5, 0.6) is 5.75 Å². The number of para-hydroxylation sites is 1. The van der Waals surface area contributed by atoms with Crippen molar-refractivity contribution in [2.45, 2.75) is 0 Å². The van der Waals surface area contributed by atoms with Gasteiger partial charge in [-0.05, 0) is 36.4 Å². The summed E-state index contributed by atoms with van der Waals surface area (Å²) in [4.78, 5) is 37.6. The van der Waals surface area contributed by atoms with Crippen LogP contribution in [0.15, 0.2) is 66.4 Å². The Hall–Kier alpha value is -3.81. The predicted octanol–water partition coefficient (Wildman–Crippen LogP) is 2.42. The highest BCUT2D eigenvalue weighted by molar-refractivity contribution is 6.04. The molecule has 0 aromatic heterocycles. The summed E-state index contributed by atoms with van der Waals surface area (Å²) < 4.78 is 14.5. The van der Waals surface area contributed by atoms with Gasteiger partial charge in [-0.2, -0.15) is 0 Å². The van der Waals surface area contributed by atoms with Gasteiger partial charge in [-0.25, -0.2) is 14.6 Å². The second-order valence-corrected chi connectivity index (χ2v) is 5.75. The van der Waals surface area contributed by atoms with Crippen LogP contribution in [0.3, 0.4) is 0 Å². The van der Waals surface area contributed by atoms with Crippen molar-refractivity contribution in [3.05, 3.63) is 71.9 Å². The molecule has 0 bridgehead atoms. The molecule has 0 fully saturated rings. The SMILES string of the molecule is COC(=O)/C=C(/C(=O)OC)N(C(=O)c1ccc(OC)cc1)N(C)c1ccccc1. The summed E-state index contributed by atoms with van der Waals surface area (Å²) in [5.74, 6) is -1.66. The standard InChI is InChI=1S/C21H22N2O6/c1-22(16-8-6-5-7-9-16)23(18(21(26)29-4)14-19(24)28-3)20(25)15-10-12-17(27-2)13-11-15/h5-14H,1-4H3/b18-14-. The smallest absolute Gasteiger partial charge is 0.357 e. The van der Waals surface area contributed by atoms with E-state index in [0.717, 1.165) is 18.2 Å². The molecule has 8 nitrogen and oxygen atoms in total. The summed E-state index contributed by atoms with van der Waals surface area (Å²) in [5, 5.41) is 2.50. The lowest BCUT2D eigenvalue weighted by atomic mass is 10.2. The van der Waals surface area contributed by atoms with Gasteiger partial charge < -0.3 is 14.2 Å². The highest BCUT2D eigenvalue weighted by Gasteiger charge is 2.30. The number of amides is 1. The summed E-state index contributed by atoms with van der Waals surface area (Å²) >= 11 is 0. The number of carbonyl (C=O) groups is 3. The van der Waals surface area contributed by atoms with Crippen molar-refractivity contribution in [1.29, 1.82) is 0 Å². The molecule has 8 heteroatoms. The van der Waals surface area contributed by atoms with E-state index in [1.165, 1.54) is 19.2 Å². The van der Waals surface area contributed by atoms with Gasteiger partial charge in [-0.1, -0.05) is 18.2 Å². The lowest BCUT2D eigenvalue weighted by Gasteiger charge is -2.34. The number of rotatable bonds is 7. The number of hydrazine groups is 1. The van der Waals surface area contributed by atoms with Gasteiger partial charge in [0.15, 0.2) is 5.70 Å². The normalized spacial score (nSPS) is 10.7. The van der Waals surface area contributed by atoms with E-state index in [-0.39, 0.29) is 11.3 Å². The van der Waals surface area contributed by atoms with Crippen molar-refractivity contribution in [2.75, 3.05) is 33.4 Å². The number of esters is 2. The molecule has 0 N–H and O–H groups in total. The van der Waals surface area contributed by atoms with Gasteiger partial charge in [0.25, 0.3) is 5.91 Å². The first kappa shape index (κ1) is 21.5. The molecule has 0 aliphatic carbocycles. The Morgan fingerprint density at radius 3 is 2.00 bits per heavy atom. The third-order valence-corrected chi connectivity index (χ3v) is 4.04. The average molecular weight is 398 g/mol. The first-order valence-corrected chi connectivity index (χ1v) is 8.58. The zero-order chi connectivity index (χ0) is 21.4. The van der Waals surface area contributed by atoms with Gasteiger partial charge in [0.05, 0.1) is 33.1 Å². The van der Waals surface area contributed by atoms with Crippen LogP contribution in [0.4, 0.5) is 5.69 Å². The molecule has 0 saturated carbocycles. The maximum atomic E-state index is 13.3. The third-order valence-electron chi connectivity index (χ3n) is 4.04. The minimum atomic E-state index is -0.875. The number of methoxy groups -OCH3 is 3. The Balaban J connectivity index is 2.59. The molecule has 29 heavy (non-hydrogen) atoms. The summed E-state index contributed by atoms with van der Waals surface area (Å²) in [6.07, 6.45) is 0.909. The van der Waals surface area contributed by atoms with Crippen LogP contribution in [-0.2, 0) is 19.1 Å². The minimum absolute atomic E-state index is 0.272. The van der Waals surface area contributed by atoms with Crippen LogP contribution >= 0.6 is 0 Å². The van der Waals surface area contributed by atoms with Crippen LogP contribution in [0.2, 0.25) is 0 Å². The molecule has 2 rings (SSSR count). The molecular formula is C21H22N2O6. The largest absolute Gasteiger partial charge is 0.497 e. The predicted molar refractivity (Wildman–Crippen MR) is 106 cm³/mol. The van der Waals surface area contributed by atoms with E-state index in [2.05, 4.69) is 4.74 Å². The monoisotopic (exact) mass is 398 g/mol. The molecule has 0 aliphatic heterocycles. The molecule has 0 spiro atoms. The number of hydrogen-bond donors (Lipinski definition) is 0. The number of nitrogens with zero attached hydrogens (tertiary/aromatic N) is 2. The molecule has 0 atom stereocenters. The van der Waals surface area contributed by atoms with Gasteiger partial charge >= 0.3 is 11.9 Å². The summed E-state index contributed by atoms with van der Waals surface area (Å²) in [6, 6.07) is 15.2. The quantitative estimate of drug-likeness (QED) is 0.402. The van der Waals surface area contributed by atoms with Crippen LogP contribution in [0.25, 0.3) is 0 Å². The van der Waals surface area contributed by atoms with E-state index in [1.807, 2.05) is 6.07 Å². The molecule has 1 amide bonds. The summed E-state index contributed by atoms with van der Waals surface area (Å²) in [5.41, 5.74) is 0.578. The van der Waals surface area contributed by atoms with E-state index in [9.17, 15) is 14.4 Å². The summed E-state index contributed by atoms with van der Waals surface area (Å²) in [7, 11) is 5.43. The fourth-order valence-electron chi connectivity index (χ4n) is 2.50. The first-order chi connectivity index (χ1) is 13.9. The van der Waals surface area contributed by atoms with Crippen molar-refractivity contribution >= 4 is 23.5 Å². The zero-order valence-corrected chi connectivity index (χ0v) is 16.6. The lowest BCUT2D eigenvalue weighted by molar-refractivity contribution is -0.139. The van der Waals surface area contributed by atoms with E-state index in [0.29, 0.717) is 11.4 Å². The molecule has 0 radical (unpaired) electrons. The van der Waals surface area contributed by atoms with Gasteiger partial charge in [-0.15, -0.1) is 0 Å². The maximum Gasteiger partial charge on any atom is 0.357 e. The summed E-state index contributed by atoms with van der Waals surface area (Å²) in [6.45, 7) is 0. The molecule has 2 aromatic carbocycles. The highest BCUT2D eigenvalue weighted by atomic mass is 16.5.